The van der Waals surface area contributed by atoms with Crippen molar-refractivity contribution in [2.24, 2.45) is 0 Å². The number of benzene rings is 1. The van der Waals surface area contributed by atoms with E-state index in [1.54, 1.807) is 6.92 Å². The maximum atomic E-state index is 13.2. The zero-order chi connectivity index (χ0) is 15.6. The van der Waals surface area contributed by atoms with Crippen LogP contribution in [0.15, 0.2) is 36.5 Å². The second-order valence-electron chi connectivity index (χ2n) is 4.52. The second-order valence-corrected chi connectivity index (χ2v) is 4.52. The molecular weight excluding hydrogens is 283 g/mol. The van der Waals surface area contributed by atoms with Crippen LogP contribution in [0.2, 0.25) is 0 Å². The van der Waals surface area contributed by atoms with Gasteiger partial charge < -0.3 is 5.11 Å². The number of aromatic nitrogens is 1. The summed E-state index contributed by atoms with van der Waals surface area (Å²) in [5.74, 6) is -1.10. The molecule has 2 aromatic rings. The third kappa shape index (κ3) is 3.21. The van der Waals surface area contributed by atoms with E-state index < -0.39 is 18.6 Å². The molecule has 3 nitrogen and oxygen atoms in total. The maximum Gasteiger partial charge on any atom is 0.337 e. The third-order valence-electron chi connectivity index (χ3n) is 3.10. The lowest BCUT2D eigenvalue weighted by atomic mass is 10.0. The van der Waals surface area contributed by atoms with Crippen LogP contribution in [0.5, 0.6) is 0 Å². The number of nitrogens with zero attached hydrogens (tertiary/aromatic N) is 1. The van der Waals surface area contributed by atoms with Crippen molar-refractivity contribution in [3.8, 4) is 11.1 Å². The number of carboxylic acids is 1. The number of hydrogen-bond donors (Lipinski definition) is 1. The van der Waals surface area contributed by atoms with Gasteiger partial charge in [-0.1, -0.05) is 24.3 Å². The molecule has 1 atom stereocenters. The van der Waals surface area contributed by atoms with Crippen LogP contribution in [0, 0.1) is 6.92 Å². The highest BCUT2D eigenvalue weighted by Gasteiger charge is 2.21. The van der Waals surface area contributed by atoms with Gasteiger partial charge in [-0.15, -0.1) is 0 Å². The predicted molar refractivity (Wildman–Crippen MR) is 71.2 cm³/mol. The monoisotopic (exact) mass is 295 g/mol. The molecule has 0 saturated carbocycles. The Bertz CT molecular complexity index is 656. The predicted octanol–water partition coefficient (Wildman–Crippen LogP) is 4.03. The van der Waals surface area contributed by atoms with Gasteiger partial charge in [0.1, 0.15) is 0 Å². The Morgan fingerprint density at radius 3 is 2.29 bits per heavy atom. The third-order valence-corrected chi connectivity index (χ3v) is 3.10. The first-order valence-corrected chi connectivity index (χ1v) is 6.12. The number of alkyl halides is 3. The molecule has 0 aliphatic rings. The van der Waals surface area contributed by atoms with E-state index in [1.807, 2.05) is 0 Å². The molecule has 0 saturated heterocycles. The van der Waals surface area contributed by atoms with Crippen molar-refractivity contribution in [1.82, 2.24) is 4.98 Å². The summed E-state index contributed by atoms with van der Waals surface area (Å²) in [6.07, 6.45) is -3.92. The molecule has 0 aliphatic heterocycles. The van der Waals surface area contributed by atoms with Gasteiger partial charge in [0.15, 0.2) is 6.17 Å². The van der Waals surface area contributed by atoms with Crippen molar-refractivity contribution < 1.29 is 23.1 Å². The quantitative estimate of drug-likeness (QED) is 0.926. The Kier molecular flexibility index (Phi) is 4.26. The van der Waals surface area contributed by atoms with Gasteiger partial charge in [0.05, 0.1) is 11.3 Å². The zero-order valence-corrected chi connectivity index (χ0v) is 11.1. The molecular formula is C15H12F3NO2. The highest BCUT2D eigenvalue weighted by molar-refractivity contribution is 5.90. The topological polar surface area (TPSA) is 50.2 Å². The van der Waals surface area contributed by atoms with E-state index in [-0.39, 0.29) is 11.1 Å². The van der Waals surface area contributed by atoms with Gasteiger partial charge in [0.25, 0.3) is 6.43 Å². The molecule has 0 amide bonds. The van der Waals surface area contributed by atoms with Gasteiger partial charge in [-0.25, -0.2) is 18.0 Å². The van der Waals surface area contributed by atoms with Crippen LogP contribution in [0.25, 0.3) is 11.1 Å². The first-order chi connectivity index (χ1) is 9.90. The Labute approximate surface area is 119 Å². The summed E-state index contributed by atoms with van der Waals surface area (Å²) >= 11 is 0. The standard InChI is InChI=1S/C15H12F3NO2/c1-8-12(15(20)21)6-11(7-19-8)9-2-4-10(5-3-9)13(16)14(17)18/h2-7,13-14H,1H3,(H,20,21). The molecule has 0 radical (unpaired) electrons. The van der Waals surface area contributed by atoms with Crippen LogP contribution >= 0.6 is 0 Å². The number of aryl methyl sites for hydroxylation is 1. The number of pyridine rings is 1. The molecule has 1 N–H and O–H groups in total. The molecule has 6 heteroatoms. The Balaban J connectivity index is 2.35. The number of aromatic carboxylic acids is 1. The van der Waals surface area contributed by atoms with Crippen molar-refractivity contribution in [2.75, 3.05) is 0 Å². The summed E-state index contributed by atoms with van der Waals surface area (Å²) in [6, 6.07) is 6.88. The van der Waals surface area contributed by atoms with E-state index in [0.717, 1.165) is 0 Å². The summed E-state index contributed by atoms with van der Waals surface area (Å²) in [5, 5.41) is 9.04. The zero-order valence-electron chi connectivity index (χ0n) is 11.1. The fraction of sp³-hybridized carbons (Fsp3) is 0.200. The van der Waals surface area contributed by atoms with E-state index in [0.29, 0.717) is 16.8 Å². The van der Waals surface area contributed by atoms with E-state index in [1.165, 1.54) is 36.5 Å². The molecule has 1 heterocycles. The molecule has 1 aromatic heterocycles. The van der Waals surface area contributed by atoms with E-state index in [2.05, 4.69) is 4.98 Å². The fourth-order valence-electron chi connectivity index (χ4n) is 1.91. The lowest BCUT2D eigenvalue weighted by Crippen LogP contribution is -2.03. The SMILES string of the molecule is Cc1ncc(-c2ccc(C(F)C(F)F)cc2)cc1C(=O)O. The van der Waals surface area contributed by atoms with Crippen molar-refractivity contribution in [1.29, 1.82) is 0 Å². The molecule has 0 bridgehead atoms. The summed E-state index contributed by atoms with van der Waals surface area (Å²) in [7, 11) is 0. The molecule has 110 valence electrons. The minimum atomic E-state index is -3.07. The summed E-state index contributed by atoms with van der Waals surface area (Å²) in [4.78, 5) is 15.0. The Morgan fingerprint density at radius 2 is 1.76 bits per heavy atom. The number of halogens is 3. The van der Waals surface area contributed by atoms with Crippen LogP contribution in [0.3, 0.4) is 0 Å². The van der Waals surface area contributed by atoms with Crippen molar-refractivity contribution in [3.63, 3.8) is 0 Å². The van der Waals surface area contributed by atoms with Crippen molar-refractivity contribution >= 4 is 5.97 Å². The lowest BCUT2D eigenvalue weighted by Gasteiger charge is -2.09. The lowest BCUT2D eigenvalue weighted by molar-refractivity contribution is 0.0496. The second kappa shape index (κ2) is 5.95. The van der Waals surface area contributed by atoms with Crippen LogP contribution in [-0.2, 0) is 0 Å². The molecule has 2 rings (SSSR count). The summed E-state index contributed by atoms with van der Waals surface area (Å²) in [5.41, 5.74) is 1.43. The average molecular weight is 295 g/mol. The van der Waals surface area contributed by atoms with Gasteiger partial charge in [0.2, 0.25) is 0 Å². The highest BCUT2D eigenvalue weighted by atomic mass is 19.3. The van der Waals surface area contributed by atoms with Crippen LogP contribution in [0.1, 0.15) is 27.8 Å². The molecule has 1 unspecified atom stereocenters. The highest BCUT2D eigenvalue weighted by Crippen LogP contribution is 2.27. The number of hydrogen-bond acceptors (Lipinski definition) is 2. The normalized spacial score (nSPS) is 12.4. The van der Waals surface area contributed by atoms with Crippen molar-refractivity contribution in [3.05, 3.63) is 53.3 Å². The largest absolute Gasteiger partial charge is 0.478 e. The van der Waals surface area contributed by atoms with E-state index in [9.17, 15) is 18.0 Å². The summed E-state index contributed by atoms with van der Waals surface area (Å²) < 4.78 is 37.7. The molecule has 0 spiro atoms. The van der Waals surface area contributed by atoms with E-state index in [4.69, 9.17) is 5.11 Å². The average Bonchev–Trinajstić information content (AvgIpc) is 2.46. The number of carbonyl (C=O) groups is 1. The minimum absolute atomic E-state index is 0.0625. The van der Waals surface area contributed by atoms with Crippen LogP contribution in [0.4, 0.5) is 13.2 Å². The number of rotatable bonds is 4. The van der Waals surface area contributed by atoms with Gasteiger partial charge in [-0.05, 0) is 24.1 Å². The van der Waals surface area contributed by atoms with Crippen LogP contribution < -0.4 is 0 Å². The molecule has 1 aromatic carbocycles. The fourth-order valence-corrected chi connectivity index (χ4v) is 1.91. The molecule has 0 fully saturated rings. The first kappa shape index (κ1) is 15.0. The molecule has 21 heavy (non-hydrogen) atoms. The smallest absolute Gasteiger partial charge is 0.337 e. The Hall–Kier alpha value is -2.37. The van der Waals surface area contributed by atoms with Crippen molar-refractivity contribution in [2.45, 2.75) is 19.5 Å². The maximum absolute atomic E-state index is 13.2. The van der Waals surface area contributed by atoms with Gasteiger partial charge in [-0.3, -0.25) is 4.98 Å². The van der Waals surface area contributed by atoms with Gasteiger partial charge >= 0.3 is 5.97 Å². The first-order valence-electron chi connectivity index (χ1n) is 6.12. The van der Waals surface area contributed by atoms with E-state index >= 15 is 0 Å². The Morgan fingerprint density at radius 1 is 1.14 bits per heavy atom. The summed E-state index contributed by atoms with van der Waals surface area (Å²) in [6.45, 7) is 1.58. The minimum Gasteiger partial charge on any atom is -0.478 e. The van der Waals surface area contributed by atoms with Gasteiger partial charge in [0, 0.05) is 11.8 Å². The number of carboxylic acid groups (broad SMARTS) is 1. The van der Waals surface area contributed by atoms with Crippen LogP contribution in [-0.4, -0.2) is 22.5 Å². The molecule has 0 aliphatic carbocycles. The van der Waals surface area contributed by atoms with Gasteiger partial charge in [-0.2, -0.15) is 0 Å².